The van der Waals surface area contributed by atoms with Crippen molar-refractivity contribution in [2.75, 3.05) is 50.8 Å². The Kier molecular flexibility index (Phi) is 11.0. The van der Waals surface area contributed by atoms with Crippen LogP contribution in [0.5, 0.6) is 0 Å². The highest BCUT2D eigenvalue weighted by molar-refractivity contribution is 7.97. The summed E-state index contributed by atoms with van der Waals surface area (Å²) in [6, 6.07) is 0. The SMILES string of the molecule is CC[S+](CC)CC(=O)OCCOCCOC. The molecule has 0 saturated carbocycles. The Labute approximate surface area is 101 Å². The van der Waals surface area contributed by atoms with E-state index in [0.717, 1.165) is 11.5 Å². The molecule has 0 spiro atoms. The Hall–Kier alpha value is -0.260. The Balaban J connectivity index is 3.36. The van der Waals surface area contributed by atoms with E-state index in [4.69, 9.17) is 14.2 Å². The lowest BCUT2D eigenvalue weighted by atomic mass is 10.7. The topological polar surface area (TPSA) is 44.8 Å². The molecule has 0 bridgehead atoms. The van der Waals surface area contributed by atoms with Gasteiger partial charge in [-0.3, -0.25) is 0 Å². The van der Waals surface area contributed by atoms with Gasteiger partial charge in [-0.15, -0.1) is 0 Å². The first-order valence-corrected chi connectivity index (χ1v) is 7.34. The average Bonchev–Trinajstić information content (AvgIpc) is 2.30. The smallest absolute Gasteiger partial charge is 0.356 e. The Morgan fingerprint density at radius 2 is 1.69 bits per heavy atom. The van der Waals surface area contributed by atoms with E-state index in [1.165, 1.54) is 0 Å². The molecule has 16 heavy (non-hydrogen) atoms. The zero-order valence-electron chi connectivity index (χ0n) is 10.5. The average molecular weight is 251 g/mol. The molecule has 0 saturated heterocycles. The molecule has 0 aliphatic carbocycles. The third-order valence-corrected chi connectivity index (χ3v) is 4.34. The van der Waals surface area contributed by atoms with Crippen molar-refractivity contribution in [2.24, 2.45) is 0 Å². The van der Waals surface area contributed by atoms with Gasteiger partial charge in [-0.1, -0.05) is 0 Å². The summed E-state index contributed by atoms with van der Waals surface area (Å²) in [5, 5.41) is 0. The Morgan fingerprint density at radius 1 is 1.06 bits per heavy atom. The van der Waals surface area contributed by atoms with Crippen LogP contribution in [0.2, 0.25) is 0 Å². The molecule has 0 N–H and O–H groups in total. The second-order valence-electron chi connectivity index (χ2n) is 3.16. The summed E-state index contributed by atoms with van der Waals surface area (Å²) >= 11 is 0. The van der Waals surface area contributed by atoms with Crippen LogP contribution in [0.4, 0.5) is 0 Å². The molecule has 0 amide bonds. The molecule has 0 aromatic heterocycles. The first-order valence-electron chi connectivity index (χ1n) is 5.60. The molecular formula is C11H23O4S+. The predicted molar refractivity (Wildman–Crippen MR) is 67.0 cm³/mol. The lowest BCUT2D eigenvalue weighted by molar-refractivity contribution is -0.142. The van der Waals surface area contributed by atoms with Crippen molar-refractivity contribution in [3.8, 4) is 0 Å². The van der Waals surface area contributed by atoms with Crippen LogP contribution in [0.25, 0.3) is 0 Å². The fraction of sp³-hybridized carbons (Fsp3) is 0.909. The van der Waals surface area contributed by atoms with Gasteiger partial charge in [0.05, 0.1) is 19.8 Å². The molecule has 0 aromatic rings. The second kappa shape index (κ2) is 11.2. The van der Waals surface area contributed by atoms with Crippen LogP contribution >= 0.6 is 0 Å². The van der Waals surface area contributed by atoms with Crippen molar-refractivity contribution in [3.05, 3.63) is 0 Å². The van der Waals surface area contributed by atoms with Gasteiger partial charge in [0.2, 0.25) is 5.75 Å². The molecule has 0 heterocycles. The molecule has 96 valence electrons. The van der Waals surface area contributed by atoms with E-state index in [2.05, 4.69) is 13.8 Å². The number of hydrogen-bond acceptors (Lipinski definition) is 4. The zero-order chi connectivity index (χ0) is 12.2. The Morgan fingerprint density at radius 3 is 2.25 bits per heavy atom. The van der Waals surface area contributed by atoms with Crippen LogP contribution in [-0.4, -0.2) is 56.8 Å². The summed E-state index contributed by atoms with van der Waals surface area (Å²) in [4.78, 5) is 11.4. The molecule has 0 rings (SSSR count). The monoisotopic (exact) mass is 251 g/mol. The van der Waals surface area contributed by atoms with Gasteiger partial charge < -0.3 is 14.2 Å². The highest BCUT2D eigenvalue weighted by Crippen LogP contribution is 1.97. The fourth-order valence-electron chi connectivity index (χ4n) is 1.08. The van der Waals surface area contributed by atoms with E-state index in [0.29, 0.717) is 32.2 Å². The van der Waals surface area contributed by atoms with Crippen molar-refractivity contribution >= 4 is 16.9 Å². The molecular weight excluding hydrogens is 228 g/mol. The van der Waals surface area contributed by atoms with Gasteiger partial charge in [0.15, 0.2) is 0 Å². The minimum absolute atomic E-state index is 0.109. The number of carbonyl (C=O) groups is 1. The van der Waals surface area contributed by atoms with Crippen molar-refractivity contribution in [2.45, 2.75) is 13.8 Å². The van der Waals surface area contributed by atoms with Crippen LogP contribution in [0.15, 0.2) is 0 Å². The normalized spacial score (nSPS) is 10.8. The van der Waals surface area contributed by atoms with Gasteiger partial charge in [-0.05, 0) is 24.7 Å². The standard InChI is InChI=1S/C11H23O4S/c1-4-16(5-2)10-11(12)15-9-8-14-7-6-13-3/h4-10H2,1-3H3/q+1. The van der Waals surface area contributed by atoms with E-state index >= 15 is 0 Å². The second-order valence-corrected chi connectivity index (χ2v) is 5.83. The summed E-state index contributed by atoms with van der Waals surface area (Å²) in [6.45, 7) is 6.11. The minimum atomic E-state index is -0.109. The van der Waals surface area contributed by atoms with Gasteiger partial charge >= 0.3 is 5.97 Å². The molecule has 0 aliphatic rings. The first-order chi connectivity index (χ1) is 7.74. The van der Waals surface area contributed by atoms with E-state index in [1.54, 1.807) is 7.11 Å². The predicted octanol–water partition coefficient (Wildman–Crippen LogP) is 0.851. The summed E-state index contributed by atoms with van der Waals surface area (Å²) in [5.74, 6) is 2.54. The highest BCUT2D eigenvalue weighted by Gasteiger charge is 2.18. The molecule has 0 aliphatic heterocycles. The summed E-state index contributed by atoms with van der Waals surface area (Å²) < 4.78 is 15.1. The van der Waals surface area contributed by atoms with Crippen LogP contribution in [0.3, 0.4) is 0 Å². The molecule has 0 fully saturated rings. The maximum atomic E-state index is 11.4. The largest absolute Gasteiger partial charge is 0.460 e. The molecule has 0 atom stereocenters. The van der Waals surface area contributed by atoms with E-state index in [-0.39, 0.29) is 16.9 Å². The van der Waals surface area contributed by atoms with Crippen molar-refractivity contribution in [1.82, 2.24) is 0 Å². The third kappa shape index (κ3) is 9.00. The number of ether oxygens (including phenoxy) is 3. The minimum Gasteiger partial charge on any atom is -0.460 e. The van der Waals surface area contributed by atoms with E-state index in [1.807, 2.05) is 0 Å². The van der Waals surface area contributed by atoms with Crippen LogP contribution in [0.1, 0.15) is 13.8 Å². The number of methoxy groups -OCH3 is 1. The number of hydrogen-bond donors (Lipinski definition) is 0. The van der Waals surface area contributed by atoms with E-state index < -0.39 is 0 Å². The number of rotatable bonds is 10. The van der Waals surface area contributed by atoms with E-state index in [9.17, 15) is 4.79 Å². The summed E-state index contributed by atoms with van der Waals surface area (Å²) in [6.07, 6.45) is 0. The molecule has 5 heteroatoms. The highest BCUT2D eigenvalue weighted by atomic mass is 32.2. The third-order valence-electron chi connectivity index (χ3n) is 2.06. The number of esters is 1. The first kappa shape index (κ1) is 15.7. The molecule has 0 radical (unpaired) electrons. The van der Waals surface area contributed by atoms with Gasteiger partial charge in [0.25, 0.3) is 0 Å². The van der Waals surface area contributed by atoms with Gasteiger partial charge in [-0.25, -0.2) is 4.79 Å². The molecule has 0 aromatic carbocycles. The van der Waals surface area contributed by atoms with Crippen molar-refractivity contribution in [3.63, 3.8) is 0 Å². The lowest BCUT2D eigenvalue weighted by Gasteiger charge is -2.06. The molecule has 4 nitrogen and oxygen atoms in total. The maximum absolute atomic E-state index is 11.4. The fourth-order valence-corrected chi connectivity index (χ4v) is 2.31. The summed E-state index contributed by atoms with van der Waals surface area (Å²) in [5.41, 5.74) is 0. The van der Waals surface area contributed by atoms with Crippen LogP contribution in [0, 0.1) is 0 Å². The van der Waals surface area contributed by atoms with Crippen LogP contribution < -0.4 is 0 Å². The lowest BCUT2D eigenvalue weighted by Crippen LogP contribution is -2.23. The quantitative estimate of drug-likeness (QED) is 0.328. The summed E-state index contributed by atoms with van der Waals surface area (Å²) in [7, 11) is 1.81. The number of carbonyl (C=O) groups excluding carboxylic acids is 1. The van der Waals surface area contributed by atoms with Gasteiger partial charge in [-0.2, -0.15) is 0 Å². The van der Waals surface area contributed by atoms with Crippen molar-refractivity contribution in [1.29, 1.82) is 0 Å². The zero-order valence-corrected chi connectivity index (χ0v) is 11.3. The maximum Gasteiger partial charge on any atom is 0.356 e. The van der Waals surface area contributed by atoms with Gasteiger partial charge in [0.1, 0.15) is 18.1 Å². The molecule has 0 unspecified atom stereocenters. The Bertz CT molecular complexity index is 171. The van der Waals surface area contributed by atoms with Crippen molar-refractivity contribution < 1.29 is 19.0 Å². The van der Waals surface area contributed by atoms with Gasteiger partial charge in [0, 0.05) is 7.11 Å². The van der Waals surface area contributed by atoms with Crippen LogP contribution in [-0.2, 0) is 29.9 Å².